The van der Waals surface area contributed by atoms with E-state index < -0.39 is 0 Å². The minimum absolute atomic E-state index is 0.180. The molecule has 0 saturated carbocycles. The van der Waals surface area contributed by atoms with Crippen molar-refractivity contribution in [3.8, 4) is 0 Å². The van der Waals surface area contributed by atoms with E-state index in [0.717, 1.165) is 44.5 Å². The maximum Gasteiger partial charge on any atom is 0.123 e. The molecule has 0 N–H and O–H groups in total. The van der Waals surface area contributed by atoms with E-state index in [9.17, 15) is 8.78 Å². The van der Waals surface area contributed by atoms with Crippen LogP contribution in [-0.2, 0) is 6.42 Å². The summed E-state index contributed by atoms with van der Waals surface area (Å²) in [4.78, 5) is 2.45. The SMILES string of the molecule is Fc1c[c]c(C2CCN(CCc3ccc(F)cc3)CC2)cc1. The van der Waals surface area contributed by atoms with Crippen LogP contribution in [0.1, 0.15) is 29.9 Å². The molecular formula is C19H20F2N. The summed E-state index contributed by atoms with van der Waals surface area (Å²) in [7, 11) is 0. The van der Waals surface area contributed by atoms with Crippen molar-refractivity contribution in [2.45, 2.75) is 25.2 Å². The summed E-state index contributed by atoms with van der Waals surface area (Å²) in [6.45, 7) is 3.11. The van der Waals surface area contributed by atoms with E-state index in [1.165, 1.54) is 29.8 Å². The van der Waals surface area contributed by atoms with Crippen LogP contribution in [0.3, 0.4) is 0 Å². The summed E-state index contributed by atoms with van der Waals surface area (Å²) in [6, 6.07) is 14.6. The van der Waals surface area contributed by atoms with E-state index >= 15 is 0 Å². The molecule has 1 nitrogen and oxygen atoms in total. The van der Waals surface area contributed by atoms with Gasteiger partial charge in [0.2, 0.25) is 0 Å². The van der Waals surface area contributed by atoms with Crippen molar-refractivity contribution in [2.75, 3.05) is 19.6 Å². The minimum atomic E-state index is -0.222. The van der Waals surface area contributed by atoms with Gasteiger partial charge in [-0.2, -0.15) is 0 Å². The largest absolute Gasteiger partial charge is 0.303 e. The lowest BCUT2D eigenvalue weighted by atomic mass is 9.89. The molecule has 3 heteroatoms. The van der Waals surface area contributed by atoms with Crippen molar-refractivity contribution >= 4 is 0 Å². The summed E-state index contributed by atoms with van der Waals surface area (Å²) in [5, 5.41) is 0. The number of piperidine rings is 1. The fourth-order valence-corrected chi connectivity index (χ4v) is 3.08. The minimum Gasteiger partial charge on any atom is -0.303 e. The van der Waals surface area contributed by atoms with Gasteiger partial charge in [-0.25, -0.2) is 8.78 Å². The third-order valence-corrected chi connectivity index (χ3v) is 4.46. The van der Waals surface area contributed by atoms with Crippen molar-refractivity contribution in [3.05, 3.63) is 71.3 Å². The first-order valence-electron chi connectivity index (χ1n) is 7.84. The van der Waals surface area contributed by atoms with E-state index in [1.807, 2.05) is 18.2 Å². The second-order valence-corrected chi connectivity index (χ2v) is 5.95. The van der Waals surface area contributed by atoms with Crippen LogP contribution in [0.25, 0.3) is 0 Å². The van der Waals surface area contributed by atoms with E-state index in [4.69, 9.17) is 0 Å². The highest BCUT2D eigenvalue weighted by atomic mass is 19.1. The van der Waals surface area contributed by atoms with Crippen LogP contribution in [0.2, 0.25) is 0 Å². The Bertz CT molecular complexity index is 584. The predicted octanol–water partition coefficient (Wildman–Crippen LogP) is 4.19. The van der Waals surface area contributed by atoms with Crippen molar-refractivity contribution in [2.24, 2.45) is 0 Å². The number of hydrogen-bond acceptors (Lipinski definition) is 1. The molecule has 1 aliphatic heterocycles. The fraction of sp³-hybridized carbons (Fsp3) is 0.368. The number of rotatable bonds is 4. The molecule has 1 heterocycles. The summed E-state index contributed by atoms with van der Waals surface area (Å²) < 4.78 is 25.8. The molecular weight excluding hydrogens is 280 g/mol. The Morgan fingerprint density at radius 2 is 1.64 bits per heavy atom. The Kier molecular flexibility index (Phi) is 4.84. The monoisotopic (exact) mass is 300 g/mol. The smallest absolute Gasteiger partial charge is 0.123 e. The van der Waals surface area contributed by atoms with Gasteiger partial charge in [0.25, 0.3) is 0 Å². The van der Waals surface area contributed by atoms with E-state index in [-0.39, 0.29) is 11.6 Å². The summed E-state index contributed by atoms with van der Waals surface area (Å²) in [6.07, 6.45) is 3.13. The molecule has 115 valence electrons. The Morgan fingerprint density at radius 1 is 0.955 bits per heavy atom. The highest BCUT2D eigenvalue weighted by molar-refractivity contribution is 5.20. The zero-order valence-corrected chi connectivity index (χ0v) is 12.6. The molecule has 0 aromatic heterocycles. The maximum absolute atomic E-state index is 12.9. The lowest BCUT2D eigenvalue weighted by Crippen LogP contribution is -2.34. The molecule has 0 spiro atoms. The zero-order valence-electron chi connectivity index (χ0n) is 12.6. The molecule has 1 saturated heterocycles. The number of likely N-dealkylation sites (tertiary alicyclic amines) is 1. The van der Waals surface area contributed by atoms with E-state index in [1.54, 1.807) is 0 Å². The Balaban J connectivity index is 1.47. The molecule has 1 radical (unpaired) electrons. The van der Waals surface area contributed by atoms with Gasteiger partial charge in [-0.15, -0.1) is 0 Å². The average molecular weight is 300 g/mol. The van der Waals surface area contributed by atoms with Crippen LogP contribution in [0.15, 0.2) is 42.5 Å². The standard InChI is InChI=1S/C19H20F2N/c20-18-5-1-15(2-6-18)9-12-22-13-10-17(11-14-22)16-3-7-19(21)8-4-16/h1-3,5-8,17H,9-14H2. The number of halogens is 2. The average Bonchev–Trinajstić information content (AvgIpc) is 2.56. The van der Waals surface area contributed by atoms with Crippen LogP contribution in [0, 0.1) is 17.7 Å². The fourth-order valence-electron chi connectivity index (χ4n) is 3.08. The van der Waals surface area contributed by atoms with E-state index in [2.05, 4.69) is 11.0 Å². The van der Waals surface area contributed by atoms with Gasteiger partial charge in [-0.1, -0.05) is 18.2 Å². The highest BCUT2D eigenvalue weighted by Gasteiger charge is 2.20. The molecule has 0 atom stereocenters. The third-order valence-electron chi connectivity index (χ3n) is 4.46. The number of hydrogen-bond donors (Lipinski definition) is 0. The number of benzene rings is 2. The second-order valence-electron chi connectivity index (χ2n) is 5.95. The van der Waals surface area contributed by atoms with Gasteiger partial charge >= 0.3 is 0 Å². The van der Waals surface area contributed by atoms with Gasteiger partial charge in [0, 0.05) is 6.54 Å². The van der Waals surface area contributed by atoms with E-state index in [0.29, 0.717) is 5.92 Å². The molecule has 0 unspecified atom stereocenters. The summed E-state index contributed by atoms with van der Waals surface area (Å²) in [5.41, 5.74) is 2.30. The molecule has 2 aromatic carbocycles. The molecule has 1 fully saturated rings. The molecule has 0 aliphatic carbocycles. The van der Waals surface area contributed by atoms with Crippen LogP contribution in [-0.4, -0.2) is 24.5 Å². The first kappa shape index (κ1) is 15.2. The molecule has 0 bridgehead atoms. The normalized spacial score (nSPS) is 16.8. The Labute approximate surface area is 130 Å². The van der Waals surface area contributed by atoms with Gasteiger partial charge in [-0.3, -0.25) is 0 Å². The predicted molar refractivity (Wildman–Crippen MR) is 83.8 cm³/mol. The van der Waals surface area contributed by atoms with Crippen LogP contribution < -0.4 is 0 Å². The van der Waals surface area contributed by atoms with Crippen molar-refractivity contribution in [1.82, 2.24) is 4.90 Å². The molecule has 22 heavy (non-hydrogen) atoms. The topological polar surface area (TPSA) is 3.24 Å². The van der Waals surface area contributed by atoms with Gasteiger partial charge in [-0.05, 0) is 79.7 Å². The first-order valence-corrected chi connectivity index (χ1v) is 7.84. The maximum atomic E-state index is 12.9. The second kappa shape index (κ2) is 7.01. The summed E-state index contributed by atoms with van der Waals surface area (Å²) >= 11 is 0. The van der Waals surface area contributed by atoms with Crippen LogP contribution in [0.4, 0.5) is 8.78 Å². The van der Waals surface area contributed by atoms with Crippen LogP contribution >= 0.6 is 0 Å². The van der Waals surface area contributed by atoms with Crippen molar-refractivity contribution in [3.63, 3.8) is 0 Å². The van der Waals surface area contributed by atoms with Crippen molar-refractivity contribution < 1.29 is 8.78 Å². The molecule has 1 aliphatic rings. The Morgan fingerprint density at radius 3 is 2.27 bits per heavy atom. The lowest BCUT2D eigenvalue weighted by molar-refractivity contribution is 0.214. The lowest BCUT2D eigenvalue weighted by Gasteiger charge is -2.32. The van der Waals surface area contributed by atoms with Gasteiger partial charge in [0.15, 0.2) is 0 Å². The molecule has 3 rings (SSSR count). The van der Waals surface area contributed by atoms with Crippen LogP contribution in [0.5, 0.6) is 0 Å². The Hall–Kier alpha value is -1.74. The zero-order chi connectivity index (χ0) is 15.4. The highest BCUT2D eigenvalue weighted by Crippen LogP contribution is 2.27. The third kappa shape index (κ3) is 3.92. The molecule has 2 aromatic rings. The van der Waals surface area contributed by atoms with Gasteiger partial charge < -0.3 is 4.90 Å². The van der Waals surface area contributed by atoms with Gasteiger partial charge in [0.1, 0.15) is 11.6 Å². The molecule has 0 amide bonds. The van der Waals surface area contributed by atoms with Crippen molar-refractivity contribution in [1.29, 1.82) is 0 Å². The first-order chi connectivity index (χ1) is 10.7. The number of nitrogens with zero attached hydrogens (tertiary/aromatic N) is 1. The van der Waals surface area contributed by atoms with Gasteiger partial charge in [0.05, 0.1) is 0 Å². The summed E-state index contributed by atoms with van der Waals surface area (Å²) in [5.74, 6) is 0.0864. The quantitative estimate of drug-likeness (QED) is 0.818.